The fourth-order valence-electron chi connectivity index (χ4n) is 4.32. The van der Waals surface area contributed by atoms with Crippen molar-refractivity contribution in [2.45, 2.75) is 52.7 Å². The molecule has 1 saturated heterocycles. The number of aromatic nitrogens is 2. The summed E-state index contributed by atoms with van der Waals surface area (Å²) in [6.07, 6.45) is 7.40. The third-order valence-corrected chi connectivity index (χ3v) is 7.53. The second kappa shape index (κ2) is 12.2. The topological polar surface area (TPSA) is 106 Å². The molecule has 194 valence electrons. The van der Waals surface area contributed by atoms with E-state index in [1.165, 1.54) is 11.8 Å². The average molecular weight is 519 g/mol. The molecular weight excluding hydrogens is 484 g/mol. The Kier molecular flexibility index (Phi) is 8.78. The molecule has 0 atom stereocenters. The maximum atomic E-state index is 13.0. The molecule has 1 amide bonds. The standard InChI is InChI=1S/C28H34N6O2S/c1-5-25(37-19(4)33-29)20-6-7-22-17-31-26(15-23(22)14-20)32-28(35)21-8-11-30-27(16-21)36-24-9-12-34(13-10-24)18(2)3/h5-8,11,14-18,24H,9-10,12-13,29H2,1-4H3,(H,31,32,35)/b25-5+,33-19-. The van der Waals surface area contributed by atoms with E-state index in [1.807, 2.05) is 38.1 Å². The number of likely N-dealkylation sites (tertiary alicyclic amines) is 1. The number of pyridine rings is 2. The predicted molar refractivity (Wildman–Crippen MR) is 153 cm³/mol. The molecule has 1 aliphatic heterocycles. The van der Waals surface area contributed by atoms with Gasteiger partial charge in [0.25, 0.3) is 5.91 Å². The minimum atomic E-state index is -0.260. The number of hydrazone groups is 1. The highest BCUT2D eigenvalue weighted by Gasteiger charge is 2.22. The summed E-state index contributed by atoms with van der Waals surface area (Å²) in [5.74, 6) is 6.09. The van der Waals surface area contributed by atoms with E-state index in [1.54, 1.807) is 24.5 Å². The van der Waals surface area contributed by atoms with Gasteiger partial charge in [-0.3, -0.25) is 4.79 Å². The lowest BCUT2D eigenvalue weighted by Crippen LogP contribution is -2.41. The summed E-state index contributed by atoms with van der Waals surface area (Å²) >= 11 is 1.51. The molecule has 0 saturated carbocycles. The number of ether oxygens (including phenoxy) is 1. The number of hydrogen-bond donors (Lipinski definition) is 2. The number of nitrogens with zero attached hydrogens (tertiary/aromatic N) is 4. The lowest BCUT2D eigenvalue weighted by Gasteiger charge is -2.34. The molecule has 3 heterocycles. The maximum absolute atomic E-state index is 13.0. The first-order valence-electron chi connectivity index (χ1n) is 12.5. The second-order valence-electron chi connectivity index (χ2n) is 9.32. The van der Waals surface area contributed by atoms with Gasteiger partial charge in [-0.15, -0.1) is 0 Å². The van der Waals surface area contributed by atoms with Crippen molar-refractivity contribution in [2.75, 3.05) is 18.4 Å². The Morgan fingerprint density at radius 3 is 2.65 bits per heavy atom. The smallest absolute Gasteiger partial charge is 0.257 e. The van der Waals surface area contributed by atoms with E-state index < -0.39 is 0 Å². The number of rotatable bonds is 7. The van der Waals surface area contributed by atoms with Crippen LogP contribution in [0.25, 0.3) is 15.7 Å². The third-order valence-electron chi connectivity index (χ3n) is 6.44. The Bertz CT molecular complexity index is 1320. The van der Waals surface area contributed by atoms with E-state index in [0.717, 1.165) is 52.2 Å². The summed E-state index contributed by atoms with van der Waals surface area (Å²) in [5.41, 5.74) is 1.52. The summed E-state index contributed by atoms with van der Waals surface area (Å²) in [4.78, 5) is 25.3. The number of fused-ring (bicyclic) bond motifs is 1. The van der Waals surface area contributed by atoms with Gasteiger partial charge in [-0.1, -0.05) is 30.0 Å². The molecule has 3 N–H and O–H groups in total. The molecule has 37 heavy (non-hydrogen) atoms. The van der Waals surface area contributed by atoms with Crippen LogP contribution in [0.15, 0.2) is 60.0 Å². The van der Waals surface area contributed by atoms with E-state index in [4.69, 9.17) is 10.6 Å². The molecule has 2 aromatic heterocycles. The molecule has 3 aromatic rings. The van der Waals surface area contributed by atoms with Crippen LogP contribution in [0.4, 0.5) is 5.82 Å². The van der Waals surface area contributed by atoms with Gasteiger partial charge in [0.2, 0.25) is 5.88 Å². The van der Waals surface area contributed by atoms with Crippen LogP contribution in [-0.4, -0.2) is 51.1 Å². The fraction of sp³-hybridized carbons (Fsp3) is 0.357. The zero-order valence-corrected chi connectivity index (χ0v) is 22.6. The molecular formula is C28H34N6O2S. The van der Waals surface area contributed by atoms with E-state index in [0.29, 0.717) is 23.3 Å². The van der Waals surface area contributed by atoms with Crippen LogP contribution in [0, 0.1) is 0 Å². The van der Waals surface area contributed by atoms with E-state index in [9.17, 15) is 4.79 Å². The molecule has 0 aliphatic carbocycles. The molecule has 0 spiro atoms. The van der Waals surface area contributed by atoms with Gasteiger partial charge in [-0.25, -0.2) is 9.97 Å². The van der Waals surface area contributed by atoms with Gasteiger partial charge in [0.05, 0.1) is 5.04 Å². The molecule has 1 aromatic carbocycles. The molecule has 0 unspecified atom stereocenters. The van der Waals surface area contributed by atoms with Crippen molar-refractivity contribution in [3.8, 4) is 5.88 Å². The number of thioether (sulfide) groups is 1. The highest BCUT2D eigenvalue weighted by molar-refractivity contribution is 8.21. The van der Waals surface area contributed by atoms with Crippen LogP contribution in [-0.2, 0) is 0 Å². The van der Waals surface area contributed by atoms with Gasteiger partial charge in [0.15, 0.2) is 0 Å². The Morgan fingerprint density at radius 1 is 1.16 bits per heavy atom. The largest absolute Gasteiger partial charge is 0.474 e. The average Bonchev–Trinajstić information content (AvgIpc) is 2.91. The number of benzene rings is 1. The lowest BCUT2D eigenvalue weighted by atomic mass is 10.1. The summed E-state index contributed by atoms with van der Waals surface area (Å²) < 4.78 is 6.11. The van der Waals surface area contributed by atoms with E-state index in [2.05, 4.69) is 45.2 Å². The van der Waals surface area contributed by atoms with Crippen molar-refractivity contribution < 1.29 is 9.53 Å². The monoisotopic (exact) mass is 518 g/mol. The number of carbonyl (C=O) groups is 1. The first kappa shape index (κ1) is 26.6. The van der Waals surface area contributed by atoms with Crippen molar-refractivity contribution in [3.05, 3.63) is 66.0 Å². The van der Waals surface area contributed by atoms with Gasteiger partial charge in [-0.05, 0) is 69.7 Å². The van der Waals surface area contributed by atoms with E-state index >= 15 is 0 Å². The zero-order chi connectivity index (χ0) is 26.4. The van der Waals surface area contributed by atoms with Crippen molar-refractivity contribution in [3.63, 3.8) is 0 Å². The molecule has 4 rings (SSSR count). The molecule has 0 bridgehead atoms. The van der Waals surface area contributed by atoms with Crippen molar-refractivity contribution >= 4 is 44.2 Å². The molecule has 8 nitrogen and oxygen atoms in total. The fourth-order valence-corrected chi connectivity index (χ4v) is 5.05. The van der Waals surface area contributed by atoms with Crippen molar-refractivity contribution in [2.24, 2.45) is 10.9 Å². The number of nitrogens with one attached hydrogen (secondary N) is 1. The minimum Gasteiger partial charge on any atom is -0.474 e. The number of allylic oxidation sites excluding steroid dienone is 1. The highest BCUT2D eigenvalue weighted by atomic mass is 32.2. The Morgan fingerprint density at radius 2 is 1.95 bits per heavy atom. The summed E-state index contributed by atoms with van der Waals surface area (Å²) in [6.45, 7) is 10.3. The Hall–Kier alpha value is -3.43. The first-order chi connectivity index (χ1) is 17.9. The number of hydrogen-bond acceptors (Lipinski definition) is 8. The van der Waals surface area contributed by atoms with Crippen LogP contribution in [0.1, 0.15) is 56.5 Å². The van der Waals surface area contributed by atoms with Gasteiger partial charge >= 0.3 is 0 Å². The second-order valence-corrected chi connectivity index (χ2v) is 10.6. The SMILES string of the molecule is C/C=C(/S/C(C)=N\N)c1ccc2cnc(NC(=O)c3ccnc(OC4CCN(C(C)C)CC4)c3)cc2c1. The quantitative estimate of drug-likeness (QED) is 0.184. The minimum absolute atomic E-state index is 0.109. The van der Waals surface area contributed by atoms with Crippen LogP contribution < -0.4 is 15.9 Å². The number of piperidine rings is 1. The Labute approximate surface area is 222 Å². The van der Waals surface area contributed by atoms with Crippen molar-refractivity contribution in [1.29, 1.82) is 0 Å². The zero-order valence-electron chi connectivity index (χ0n) is 21.8. The van der Waals surface area contributed by atoms with Gasteiger partial charge in [-0.2, -0.15) is 5.10 Å². The van der Waals surface area contributed by atoms with Crippen LogP contribution in [0.3, 0.4) is 0 Å². The molecule has 0 radical (unpaired) electrons. The van der Waals surface area contributed by atoms with Crippen LogP contribution in [0.2, 0.25) is 0 Å². The number of nitrogens with two attached hydrogens (primary N) is 1. The summed E-state index contributed by atoms with van der Waals surface area (Å²) in [7, 11) is 0. The Balaban J connectivity index is 1.45. The van der Waals surface area contributed by atoms with Crippen LogP contribution in [0.5, 0.6) is 5.88 Å². The highest BCUT2D eigenvalue weighted by Crippen LogP contribution is 2.31. The molecule has 1 fully saturated rings. The third kappa shape index (κ3) is 6.87. The first-order valence-corrected chi connectivity index (χ1v) is 13.3. The van der Waals surface area contributed by atoms with Gasteiger partial charge in [0, 0.05) is 53.4 Å². The summed E-state index contributed by atoms with van der Waals surface area (Å²) in [6, 6.07) is 11.9. The molecule has 1 aliphatic rings. The normalized spacial score (nSPS) is 15.8. The summed E-state index contributed by atoms with van der Waals surface area (Å²) in [5, 5.41) is 9.39. The van der Waals surface area contributed by atoms with E-state index in [-0.39, 0.29) is 12.0 Å². The van der Waals surface area contributed by atoms with Crippen molar-refractivity contribution in [1.82, 2.24) is 14.9 Å². The lowest BCUT2D eigenvalue weighted by molar-refractivity contribution is 0.0810. The number of anilines is 1. The molecule has 9 heteroatoms. The maximum Gasteiger partial charge on any atom is 0.257 e. The van der Waals surface area contributed by atoms with Gasteiger partial charge < -0.3 is 20.8 Å². The number of carbonyl (C=O) groups excluding carboxylic acids is 1. The van der Waals surface area contributed by atoms with Crippen LogP contribution >= 0.6 is 11.8 Å². The predicted octanol–water partition coefficient (Wildman–Crippen LogP) is 5.52. The van der Waals surface area contributed by atoms with Gasteiger partial charge in [0.1, 0.15) is 11.9 Å². The number of amides is 1.